The highest BCUT2D eigenvalue weighted by atomic mass is 16.5. The molecule has 11 nitrogen and oxygen atoms in total. The van der Waals surface area contributed by atoms with Gasteiger partial charge in [-0.3, -0.25) is 4.79 Å². The van der Waals surface area contributed by atoms with E-state index in [0.29, 0.717) is 53.5 Å². The number of anilines is 1. The summed E-state index contributed by atoms with van der Waals surface area (Å²) in [6, 6.07) is 14.1. The Bertz CT molecular complexity index is 1550. The number of fused-ring (bicyclic) bond motifs is 1. The number of hydrogen-bond acceptors (Lipinski definition) is 9. The van der Waals surface area contributed by atoms with Crippen LogP contribution in [0.1, 0.15) is 17.0 Å². The van der Waals surface area contributed by atoms with E-state index >= 15 is 0 Å². The number of nitrogens with zero attached hydrogens (tertiary/aromatic N) is 4. The van der Waals surface area contributed by atoms with Gasteiger partial charge in [-0.1, -0.05) is 18.2 Å². The van der Waals surface area contributed by atoms with Gasteiger partial charge in [0.1, 0.15) is 29.1 Å². The lowest BCUT2D eigenvalue weighted by molar-refractivity contribution is -0.118. The number of carbonyl (C=O) groups excluding carboxylic acids is 1. The molecule has 0 saturated carbocycles. The third-order valence-corrected chi connectivity index (χ3v) is 5.58. The second kappa shape index (κ2) is 9.73. The van der Waals surface area contributed by atoms with E-state index in [1.165, 1.54) is 10.8 Å². The molecular formula is C25H20N6O5. The van der Waals surface area contributed by atoms with Crippen LogP contribution in [0.2, 0.25) is 0 Å². The number of para-hydroxylation sites is 1. The van der Waals surface area contributed by atoms with Crippen molar-refractivity contribution in [3.63, 3.8) is 0 Å². The van der Waals surface area contributed by atoms with Gasteiger partial charge in [0.05, 0.1) is 6.20 Å². The minimum Gasteiger partial charge on any atom is -0.507 e. The van der Waals surface area contributed by atoms with E-state index in [-0.39, 0.29) is 29.8 Å². The van der Waals surface area contributed by atoms with E-state index < -0.39 is 5.76 Å². The van der Waals surface area contributed by atoms with Crippen LogP contribution in [-0.4, -0.2) is 38.7 Å². The van der Waals surface area contributed by atoms with Gasteiger partial charge < -0.3 is 24.9 Å². The number of aromatic hydroxyl groups is 1. The Labute approximate surface area is 204 Å². The number of nitrogens with one attached hydrogen (secondary N) is 2. The molecule has 0 radical (unpaired) electrons. The second-order valence-electron chi connectivity index (χ2n) is 7.94. The molecule has 0 aliphatic carbocycles. The first-order chi connectivity index (χ1) is 17.5. The summed E-state index contributed by atoms with van der Waals surface area (Å²) in [5.74, 6) is 0.563. The standard InChI is InChI=1S/C25H20N6O5/c26-11-19-17(5-2-9-28-19)18-4-1-3-15(23(18)33)12-27-10-8-16-13-31(25(34)36-16)21-7-6-20-24(29-21)30-22(32)14-35-20/h1-7,9,13,27,33H,8,10,12,14H2,(H,29,30,32). The van der Waals surface area contributed by atoms with Gasteiger partial charge in [0.25, 0.3) is 5.91 Å². The number of hydrogen-bond donors (Lipinski definition) is 3. The molecule has 0 atom stereocenters. The molecule has 1 aromatic carbocycles. The molecule has 4 aromatic rings. The van der Waals surface area contributed by atoms with E-state index in [0.717, 1.165) is 0 Å². The van der Waals surface area contributed by atoms with Crippen LogP contribution in [-0.2, 0) is 17.8 Å². The molecule has 36 heavy (non-hydrogen) atoms. The lowest BCUT2D eigenvalue weighted by atomic mass is 10.00. The Morgan fingerprint density at radius 2 is 2.03 bits per heavy atom. The first kappa shape index (κ1) is 22.8. The molecule has 4 heterocycles. The number of aromatic nitrogens is 3. The van der Waals surface area contributed by atoms with Crippen LogP contribution in [0.4, 0.5) is 5.82 Å². The third kappa shape index (κ3) is 4.53. The number of ether oxygens (including phenoxy) is 1. The maximum Gasteiger partial charge on any atom is 0.424 e. The summed E-state index contributed by atoms with van der Waals surface area (Å²) in [6.45, 7) is 0.747. The zero-order valence-corrected chi connectivity index (χ0v) is 18.9. The molecule has 0 spiro atoms. The Morgan fingerprint density at radius 1 is 1.17 bits per heavy atom. The number of phenols is 1. The molecule has 5 rings (SSSR count). The highest BCUT2D eigenvalue weighted by molar-refractivity contribution is 5.94. The lowest BCUT2D eigenvalue weighted by Crippen LogP contribution is -2.26. The summed E-state index contributed by atoms with van der Waals surface area (Å²) in [7, 11) is 0. The summed E-state index contributed by atoms with van der Waals surface area (Å²) >= 11 is 0. The van der Waals surface area contributed by atoms with E-state index in [9.17, 15) is 20.0 Å². The quantitative estimate of drug-likeness (QED) is 0.335. The molecule has 11 heteroatoms. The molecule has 1 aliphatic heterocycles. The zero-order valence-electron chi connectivity index (χ0n) is 18.9. The van der Waals surface area contributed by atoms with Gasteiger partial charge in [-0.25, -0.2) is 19.3 Å². The number of amides is 1. The van der Waals surface area contributed by atoms with Crippen LogP contribution in [0.5, 0.6) is 11.5 Å². The molecular weight excluding hydrogens is 464 g/mol. The molecule has 0 saturated heterocycles. The van der Waals surface area contributed by atoms with E-state index in [1.807, 2.05) is 6.07 Å². The minimum absolute atomic E-state index is 0.0711. The Hall–Kier alpha value is -4.95. The first-order valence-corrected chi connectivity index (χ1v) is 11.1. The van der Waals surface area contributed by atoms with E-state index in [2.05, 4.69) is 20.6 Å². The van der Waals surface area contributed by atoms with Crippen molar-refractivity contribution in [3.8, 4) is 34.5 Å². The molecule has 3 N–H and O–H groups in total. The maximum absolute atomic E-state index is 12.4. The summed E-state index contributed by atoms with van der Waals surface area (Å²) < 4.78 is 11.9. The molecule has 0 bridgehead atoms. The van der Waals surface area contributed by atoms with Gasteiger partial charge in [0.15, 0.2) is 18.2 Å². The minimum atomic E-state index is -0.601. The fourth-order valence-corrected chi connectivity index (χ4v) is 3.85. The Balaban J connectivity index is 1.24. The molecule has 0 fully saturated rings. The molecule has 3 aromatic heterocycles. The topological polar surface area (TPSA) is 155 Å². The van der Waals surface area contributed by atoms with Gasteiger partial charge in [0, 0.05) is 42.4 Å². The number of rotatable bonds is 7. The van der Waals surface area contributed by atoms with Crippen molar-refractivity contribution in [1.29, 1.82) is 5.26 Å². The van der Waals surface area contributed by atoms with Crippen molar-refractivity contribution in [2.24, 2.45) is 0 Å². The molecule has 1 amide bonds. The average Bonchev–Trinajstić information content (AvgIpc) is 3.27. The summed E-state index contributed by atoms with van der Waals surface area (Å²) in [5, 5.41) is 25.9. The Kier molecular flexibility index (Phi) is 6.17. The van der Waals surface area contributed by atoms with Crippen molar-refractivity contribution in [2.45, 2.75) is 13.0 Å². The highest BCUT2D eigenvalue weighted by Gasteiger charge is 2.19. The van der Waals surface area contributed by atoms with Gasteiger partial charge in [-0.2, -0.15) is 5.26 Å². The van der Waals surface area contributed by atoms with Crippen LogP contribution in [0.15, 0.2) is 64.1 Å². The van der Waals surface area contributed by atoms with Crippen molar-refractivity contribution < 1.29 is 19.1 Å². The number of benzene rings is 1. The summed E-state index contributed by atoms with van der Waals surface area (Å²) in [5.41, 5.74) is 1.98. The second-order valence-corrected chi connectivity index (χ2v) is 7.94. The first-order valence-electron chi connectivity index (χ1n) is 11.1. The number of oxazole rings is 1. The fraction of sp³-hybridized carbons (Fsp3) is 0.160. The van der Waals surface area contributed by atoms with Gasteiger partial charge in [-0.05, 0) is 24.3 Å². The van der Waals surface area contributed by atoms with Crippen molar-refractivity contribution in [2.75, 3.05) is 18.5 Å². The summed E-state index contributed by atoms with van der Waals surface area (Å²) in [4.78, 5) is 32.2. The molecule has 180 valence electrons. The fourth-order valence-electron chi connectivity index (χ4n) is 3.85. The van der Waals surface area contributed by atoms with Crippen LogP contribution < -0.4 is 21.1 Å². The van der Waals surface area contributed by atoms with Crippen LogP contribution in [0, 0.1) is 11.3 Å². The zero-order chi connectivity index (χ0) is 25.1. The van der Waals surface area contributed by atoms with Crippen molar-refractivity contribution in [1.82, 2.24) is 19.9 Å². The predicted octanol–water partition coefficient (Wildman–Crippen LogP) is 2.13. The van der Waals surface area contributed by atoms with Crippen LogP contribution in [0.3, 0.4) is 0 Å². The smallest absolute Gasteiger partial charge is 0.424 e. The number of phenolic OH excluding ortho intramolecular Hbond substituents is 1. The number of pyridine rings is 2. The molecule has 0 unspecified atom stereocenters. The third-order valence-electron chi connectivity index (χ3n) is 5.58. The maximum atomic E-state index is 12.4. The highest BCUT2D eigenvalue weighted by Crippen LogP contribution is 2.33. The van der Waals surface area contributed by atoms with E-state index in [4.69, 9.17) is 9.15 Å². The lowest BCUT2D eigenvalue weighted by Gasteiger charge is -2.17. The normalized spacial score (nSPS) is 12.4. The van der Waals surface area contributed by atoms with Crippen molar-refractivity contribution >= 4 is 11.7 Å². The van der Waals surface area contributed by atoms with Crippen LogP contribution >= 0.6 is 0 Å². The number of nitriles is 1. The predicted molar refractivity (Wildman–Crippen MR) is 128 cm³/mol. The molecule has 1 aliphatic rings. The number of carbonyl (C=O) groups is 1. The van der Waals surface area contributed by atoms with Gasteiger partial charge in [0.2, 0.25) is 0 Å². The Morgan fingerprint density at radius 3 is 2.89 bits per heavy atom. The SMILES string of the molecule is N#Cc1ncccc1-c1cccc(CNCCc2cn(-c3ccc4c(n3)NC(=O)CO4)c(=O)o2)c1O. The largest absolute Gasteiger partial charge is 0.507 e. The summed E-state index contributed by atoms with van der Waals surface area (Å²) in [6.07, 6.45) is 3.49. The average molecular weight is 484 g/mol. The van der Waals surface area contributed by atoms with Gasteiger partial charge >= 0.3 is 5.76 Å². The van der Waals surface area contributed by atoms with Crippen molar-refractivity contribution in [3.05, 3.63) is 82.4 Å². The monoisotopic (exact) mass is 484 g/mol. The van der Waals surface area contributed by atoms with E-state index in [1.54, 1.807) is 48.7 Å². The van der Waals surface area contributed by atoms with Gasteiger partial charge in [-0.15, -0.1) is 0 Å². The van der Waals surface area contributed by atoms with Crippen LogP contribution in [0.25, 0.3) is 16.9 Å².